The van der Waals surface area contributed by atoms with E-state index in [0.717, 1.165) is 31.1 Å². The second-order valence-electron chi connectivity index (χ2n) is 2.68. The van der Waals surface area contributed by atoms with Gasteiger partial charge >= 0.3 is 0 Å². The average Bonchev–Trinajstić information content (AvgIpc) is 2.53. The van der Waals surface area contributed by atoms with Gasteiger partial charge in [0.25, 0.3) is 0 Å². The Kier molecular flexibility index (Phi) is 2.14. The zero-order valence-corrected chi connectivity index (χ0v) is 7.51. The van der Waals surface area contributed by atoms with Crippen LogP contribution in [0.4, 0.5) is 0 Å². The first-order valence-electron chi connectivity index (χ1n) is 3.97. The molecule has 0 unspecified atom stereocenters. The van der Waals surface area contributed by atoms with E-state index in [0.29, 0.717) is 0 Å². The van der Waals surface area contributed by atoms with Gasteiger partial charge in [0.05, 0.1) is 26.3 Å². The van der Waals surface area contributed by atoms with Crippen LogP contribution in [-0.4, -0.2) is 36.0 Å². The normalized spacial score (nSPS) is 18.2. The Labute approximate surface area is 75.7 Å². The van der Waals surface area contributed by atoms with Gasteiger partial charge in [-0.2, -0.15) is 0 Å². The summed E-state index contributed by atoms with van der Waals surface area (Å²) in [6, 6.07) is 0. The van der Waals surface area contributed by atoms with E-state index in [-0.39, 0.29) is 0 Å². The smallest absolute Gasteiger partial charge is 0.196 e. The van der Waals surface area contributed by atoms with E-state index in [2.05, 4.69) is 9.99 Å². The highest BCUT2D eigenvalue weighted by Crippen LogP contribution is 1.98. The van der Waals surface area contributed by atoms with Gasteiger partial charge in [-0.3, -0.25) is 0 Å². The second-order valence-corrected chi connectivity index (χ2v) is 3.06. The molecule has 4 nitrogen and oxygen atoms in total. The number of nitrogens with zero attached hydrogens (tertiary/aromatic N) is 2. The van der Waals surface area contributed by atoms with Crippen LogP contribution in [0.5, 0.6) is 0 Å². The summed E-state index contributed by atoms with van der Waals surface area (Å²) in [4.78, 5) is 2.96. The Morgan fingerprint density at radius 3 is 2.75 bits per heavy atom. The Morgan fingerprint density at radius 1 is 1.42 bits per heavy atom. The largest absolute Gasteiger partial charge is 0.378 e. The van der Waals surface area contributed by atoms with Crippen LogP contribution in [0, 0.1) is 4.77 Å². The first-order valence-corrected chi connectivity index (χ1v) is 4.38. The third kappa shape index (κ3) is 1.37. The number of hydrogen-bond donors (Lipinski definition) is 1. The predicted molar refractivity (Wildman–Crippen MR) is 48.4 cm³/mol. The molecule has 1 aliphatic rings. The summed E-state index contributed by atoms with van der Waals surface area (Å²) in [6.07, 6.45) is 3.78. The quantitative estimate of drug-likeness (QED) is 0.647. The molecule has 2 heterocycles. The van der Waals surface area contributed by atoms with Crippen molar-refractivity contribution >= 4 is 12.2 Å². The molecule has 1 aromatic rings. The Balaban J connectivity index is 2.18. The number of morpholine rings is 1. The van der Waals surface area contributed by atoms with Crippen LogP contribution in [0.25, 0.3) is 0 Å². The molecule has 1 aliphatic heterocycles. The first kappa shape index (κ1) is 7.82. The van der Waals surface area contributed by atoms with Crippen LogP contribution in [0.2, 0.25) is 0 Å². The van der Waals surface area contributed by atoms with Crippen molar-refractivity contribution in [2.45, 2.75) is 0 Å². The maximum absolute atomic E-state index is 5.24. The molecule has 0 bridgehead atoms. The van der Waals surface area contributed by atoms with Gasteiger partial charge in [-0.1, -0.05) is 0 Å². The Bertz CT molecular complexity index is 300. The number of rotatable bonds is 1. The average molecular weight is 185 g/mol. The predicted octanol–water partition coefficient (Wildman–Crippen LogP) is 0.514. The summed E-state index contributed by atoms with van der Waals surface area (Å²) in [6.45, 7) is 3.39. The minimum absolute atomic E-state index is 0.747. The number of aromatic amines is 1. The summed E-state index contributed by atoms with van der Waals surface area (Å²) in [5, 5.41) is 2.17. The van der Waals surface area contributed by atoms with Crippen molar-refractivity contribution in [3.8, 4) is 0 Å². The molecule has 0 atom stereocenters. The second kappa shape index (κ2) is 3.28. The van der Waals surface area contributed by atoms with Crippen molar-refractivity contribution in [1.29, 1.82) is 0 Å². The zero-order chi connectivity index (χ0) is 8.39. The zero-order valence-electron chi connectivity index (χ0n) is 6.69. The topological polar surface area (TPSA) is 33.2 Å². The fraction of sp³-hybridized carbons (Fsp3) is 0.571. The molecule has 0 spiro atoms. The summed E-state index contributed by atoms with van der Waals surface area (Å²) in [5.74, 6) is 0. The molecule has 1 aromatic heterocycles. The molecule has 1 saturated heterocycles. The van der Waals surface area contributed by atoms with Crippen molar-refractivity contribution < 1.29 is 4.74 Å². The fourth-order valence-corrected chi connectivity index (χ4v) is 1.55. The van der Waals surface area contributed by atoms with Crippen LogP contribution in [0.3, 0.4) is 0 Å². The van der Waals surface area contributed by atoms with Gasteiger partial charge in [0, 0.05) is 12.4 Å². The number of H-pyrrole nitrogens is 1. The van der Waals surface area contributed by atoms with E-state index >= 15 is 0 Å². The van der Waals surface area contributed by atoms with Crippen molar-refractivity contribution in [3.63, 3.8) is 0 Å². The molecule has 0 radical (unpaired) electrons. The molecule has 0 aliphatic carbocycles. The lowest BCUT2D eigenvalue weighted by atomic mass is 10.5. The van der Waals surface area contributed by atoms with Crippen LogP contribution in [-0.2, 0) is 4.74 Å². The lowest BCUT2D eigenvalue weighted by Crippen LogP contribution is -2.43. The lowest BCUT2D eigenvalue weighted by molar-refractivity contribution is 0.111. The van der Waals surface area contributed by atoms with Gasteiger partial charge in [0.2, 0.25) is 0 Å². The minimum Gasteiger partial charge on any atom is -0.378 e. The minimum atomic E-state index is 0.747. The van der Waals surface area contributed by atoms with E-state index in [1.807, 2.05) is 17.1 Å². The SMILES string of the molecule is S=c1[nH]ccn1N1CCOCC1. The number of ether oxygens (including phenoxy) is 1. The van der Waals surface area contributed by atoms with E-state index in [1.54, 1.807) is 0 Å². The molecule has 66 valence electrons. The molecule has 0 saturated carbocycles. The molecule has 1 fully saturated rings. The van der Waals surface area contributed by atoms with Gasteiger partial charge < -0.3 is 14.7 Å². The molecule has 0 aromatic carbocycles. The molecule has 12 heavy (non-hydrogen) atoms. The van der Waals surface area contributed by atoms with Crippen LogP contribution >= 0.6 is 12.2 Å². The molecule has 2 rings (SSSR count). The van der Waals surface area contributed by atoms with Gasteiger partial charge in [0.15, 0.2) is 4.77 Å². The number of aromatic nitrogens is 2. The summed E-state index contributed by atoms with van der Waals surface area (Å²) in [7, 11) is 0. The highest BCUT2D eigenvalue weighted by atomic mass is 32.1. The van der Waals surface area contributed by atoms with E-state index < -0.39 is 0 Å². The van der Waals surface area contributed by atoms with Crippen molar-refractivity contribution in [2.24, 2.45) is 0 Å². The standard InChI is InChI=1S/C7H11N3OS/c12-7-8-1-2-10(7)9-3-5-11-6-4-9/h1-2H,3-6H2,(H,8,12). The maximum Gasteiger partial charge on any atom is 0.196 e. The van der Waals surface area contributed by atoms with Gasteiger partial charge in [-0.25, -0.2) is 4.68 Å². The molecular formula is C7H11N3OS. The van der Waals surface area contributed by atoms with E-state index in [1.165, 1.54) is 0 Å². The Morgan fingerprint density at radius 2 is 2.17 bits per heavy atom. The molecule has 0 amide bonds. The van der Waals surface area contributed by atoms with Crippen LogP contribution < -0.4 is 5.01 Å². The van der Waals surface area contributed by atoms with E-state index in [4.69, 9.17) is 17.0 Å². The van der Waals surface area contributed by atoms with Crippen LogP contribution in [0.15, 0.2) is 12.4 Å². The fourth-order valence-electron chi connectivity index (χ4n) is 1.30. The van der Waals surface area contributed by atoms with Gasteiger partial charge in [-0.05, 0) is 12.2 Å². The molecule has 5 heteroatoms. The van der Waals surface area contributed by atoms with Crippen molar-refractivity contribution in [1.82, 2.24) is 9.66 Å². The number of hydrogen-bond acceptors (Lipinski definition) is 3. The number of nitrogens with one attached hydrogen (secondary N) is 1. The molecular weight excluding hydrogens is 174 g/mol. The third-order valence-electron chi connectivity index (χ3n) is 1.92. The van der Waals surface area contributed by atoms with Gasteiger partial charge in [0.1, 0.15) is 0 Å². The summed E-state index contributed by atoms with van der Waals surface area (Å²) in [5.41, 5.74) is 0. The van der Waals surface area contributed by atoms with Crippen LogP contribution in [0.1, 0.15) is 0 Å². The maximum atomic E-state index is 5.24. The summed E-state index contributed by atoms with van der Waals surface area (Å²) >= 11 is 5.09. The Hall–Kier alpha value is -0.810. The number of imidazole rings is 1. The summed E-state index contributed by atoms with van der Waals surface area (Å²) < 4.78 is 7.94. The van der Waals surface area contributed by atoms with E-state index in [9.17, 15) is 0 Å². The van der Waals surface area contributed by atoms with Gasteiger partial charge in [-0.15, -0.1) is 0 Å². The van der Waals surface area contributed by atoms with Crippen molar-refractivity contribution in [3.05, 3.63) is 17.2 Å². The highest BCUT2D eigenvalue weighted by Gasteiger charge is 2.10. The third-order valence-corrected chi connectivity index (χ3v) is 2.23. The lowest BCUT2D eigenvalue weighted by Gasteiger charge is -2.29. The highest BCUT2D eigenvalue weighted by molar-refractivity contribution is 7.71. The first-order chi connectivity index (χ1) is 5.88. The van der Waals surface area contributed by atoms with Crippen molar-refractivity contribution in [2.75, 3.05) is 31.3 Å². The monoisotopic (exact) mass is 185 g/mol. The molecule has 1 N–H and O–H groups in total.